The highest BCUT2D eigenvalue weighted by Crippen LogP contribution is 2.48. The molecule has 1 unspecified atom stereocenters. The molecule has 0 saturated heterocycles. The molecule has 1 aromatic heterocycles. The molecule has 26 heavy (non-hydrogen) atoms. The number of fused-ring (bicyclic) bond motifs is 3. The Morgan fingerprint density at radius 1 is 0.654 bits per heavy atom. The normalized spacial score (nSPS) is 14.7. The van der Waals surface area contributed by atoms with Gasteiger partial charge in [-0.2, -0.15) is 0 Å². The molecule has 0 fully saturated rings. The Hall–Kier alpha value is -3.23. The fourth-order valence-corrected chi connectivity index (χ4v) is 3.76. The Morgan fingerprint density at radius 3 is 2.00 bits per heavy atom. The van der Waals surface area contributed by atoms with E-state index in [-0.39, 0.29) is 0 Å². The second-order valence-electron chi connectivity index (χ2n) is 6.54. The molecule has 0 aliphatic heterocycles. The summed E-state index contributed by atoms with van der Waals surface area (Å²) in [5, 5.41) is 11.0. The molecule has 2 heteroatoms. The van der Waals surface area contributed by atoms with Crippen LogP contribution < -0.4 is 0 Å². The summed E-state index contributed by atoms with van der Waals surface area (Å²) >= 11 is 0. The van der Waals surface area contributed by atoms with Crippen molar-refractivity contribution in [1.82, 2.24) is 4.98 Å². The van der Waals surface area contributed by atoms with Gasteiger partial charge in [-0.05, 0) is 22.8 Å². The molecule has 0 saturated carbocycles. The average molecular weight is 335 g/mol. The molecule has 0 bridgehead atoms. The fourth-order valence-electron chi connectivity index (χ4n) is 3.76. The van der Waals surface area contributed by atoms with E-state index in [9.17, 15) is 5.11 Å². The van der Waals surface area contributed by atoms with Crippen LogP contribution in [-0.2, 0) is 0 Å². The van der Waals surface area contributed by atoms with Crippen molar-refractivity contribution in [2.45, 2.75) is 6.10 Å². The lowest BCUT2D eigenvalue weighted by Gasteiger charge is -2.14. The molecule has 0 radical (unpaired) electrons. The largest absolute Gasteiger partial charge is 0.384 e. The van der Waals surface area contributed by atoms with Crippen molar-refractivity contribution in [3.05, 3.63) is 102 Å². The van der Waals surface area contributed by atoms with Crippen molar-refractivity contribution >= 4 is 0 Å². The molecule has 2 nitrogen and oxygen atoms in total. The molecule has 124 valence electrons. The molecule has 0 spiro atoms. The maximum atomic E-state index is 11.0. The van der Waals surface area contributed by atoms with Gasteiger partial charge in [0.25, 0.3) is 0 Å². The van der Waals surface area contributed by atoms with Crippen LogP contribution in [0.4, 0.5) is 0 Å². The standard InChI is InChI=1S/C24H17NO/c26-24-19-14-8-7-13-18(19)20-15-21(16-9-3-1-4-10-16)25-23(22(20)24)17-11-5-2-6-12-17/h1-15,24,26H. The SMILES string of the molecule is OC1c2ccccc2-c2cc(-c3ccccc3)nc(-c3ccccc3)c21. The molecular weight excluding hydrogens is 318 g/mol. The minimum absolute atomic E-state index is 0.645. The minimum atomic E-state index is -0.645. The Labute approximate surface area is 152 Å². The van der Waals surface area contributed by atoms with Gasteiger partial charge in [0.15, 0.2) is 0 Å². The summed E-state index contributed by atoms with van der Waals surface area (Å²) in [5.74, 6) is 0. The van der Waals surface area contributed by atoms with Gasteiger partial charge >= 0.3 is 0 Å². The predicted octanol–water partition coefficient (Wildman–Crippen LogP) is 5.48. The van der Waals surface area contributed by atoms with Crippen molar-refractivity contribution in [2.75, 3.05) is 0 Å². The van der Waals surface area contributed by atoms with Crippen molar-refractivity contribution in [2.24, 2.45) is 0 Å². The number of hydrogen-bond acceptors (Lipinski definition) is 2. The molecule has 1 aliphatic rings. The maximum Gasteiger partial charge on any atom is 0.107 e. The second kappa shape index (κ2) is 5.94. The molecule has 1 aliphatic carbocycles. The zero-order chi connectivity index (χ0) is 17.5. The first-order valence-electron chi connectivity index (χ1n) is 8.76. The number of aliphatic hydroxyl groups excluding tert-OH is 1. The Morgan fingerprint density at radius 2 is 1.27 bits per heavy atom. The molecule has 5 rings (SSSR count). The van der Waals surface area contributed by atoms with Gasteiger partial charge in [0.2, 0.25) is 0 Å². The summed E-state index contributed by atoms with van der Waals surface area (Å²) < 4.78 is 0. The van der Waals surface area contributed by atoms with Crippen LogP contribution in [0.15, 0.2) is 91.0 Å². The number of hydrogen-bond donors (Lipinski definition) is 1. The lowest BCUT2D eigenvalue weighted by atomic mass is 9.97. The highest BCUT2D eigenvalue weighted by Gasteiger charge is 2.31. The van der Waals surface area contributed by atoms with Gasteiger partial charge in [-0.1, -0.05) is 84.9 Å². The van der Waals surface area contributed by atoms with Gasteiger partial charge in [-0.3, -0.25) is 0 Å². The summed E-state index contributed by atoms with van der Waals surface area (Å²) in [6.45, 7) is 0. The molecule has 1 heterocycles. The summed E-state index contributed by atoms with van der Waals surface area (Å²) in [4.78, 5) is 4.96. The quantitative estimate of drug-likeness (QED) is 0.526. The average Bonchev–Trinajstić information content (AvgIpc) is 3.01. The highest BCUT2D eigenvalue weighted by molar-refractivity contribution is 5.87. The maximum absolute atomic E-state index is 11.0. The van der Waals surface area contributed by atoms with Crippen LogP contribution in [0.3, 0.4) is 0 Å². The van der Waals surface area contributed by atoms with Crippen LogP contribution in [0.1, 0.15) is 17.2 Å². The number of aromatic nitrogens is 1. The lowest BCUT2D eigenvalue weighted by Crippen LogP contribution is -2.00. The van der Waals surface area contributed by atoms with Crippen LogP contribution in [0.25, 0.3) is 33.6 Å². The van der Waals surface area contributed by atoms with Crippen LogP contribution >= 0.6 is 0 Å². The first-order valence-corrected chi connectivity index (χ1v) is 8.76. The van der Waals surface area contributed by atoms with Crippen LogP contribution in [0, 0.1) is 0 Å². The first kappa shape index (κ1) is 15.1. The number of nitrogens with zero attached hydrogens (tertiary/aromatic N) is 1. The van der Waals surface area contributed by atoms with Gasteiger partial charge in [-0.25, -0.2) is 4.98 Å². The van der Waals surface area contributed by atoms with E-state index in [1.807, 2.05) is 66.7 Å². The highest BCUT2D eigenvalue weighted by atomic mass is 16.3. The molecule has 4 aromatic rings. The zero-order valence-electron chi connectivity index (χ0n) is 14.1. The lowest BCUT2D eigenvalue weighted by molar-refractivity contribution is 0.225. The summed E-state index contributed by atoms with van der Waals surface area (Å²) in [7, 11) is 0. The van der Waals surface area contributed by atoms with Crippen molar-refractivity contribution in [3.8, 4) is 33.6 Å². The second-order valence-corrected chi connectivity index (χ2v) is 6.54. The van der Waals surface area contributed by atoms with E-state index < -0.39 is 6.10 Å². The van der Waals surface area contributed by atoms with Gasteiger partial charge in [0, 0.05) is 16.7 Å². The third-order valence-electron chi connectivity index (χ3n) is 4.99. The smallest absolute Gasteiger partial charge is 0.107 e. The van der Waals surface area contributed by atoms with Gasteiger partial charge in [-0.15, -0.1) is 0 Å². The monoisotopic (exact) mass is 335 g/mol. The molecule has 0 amide bonds. The Kier molecular flexibility index (Phi) is 3.44. The van der Waals surface area contributed by atoms with Crippen molar-refractivity contribution in [1.29, 1.82) is 0 Å². The van der Waals surface area contributed by atoms with Crippen LogP contribution in [-0.4, -0.2) is 10.1 Å². The molecular formula is C24H17NO. The van der Waals surface area contributed by atoms with Crippen LogP contribution in [0.2, 0.25) is 0 Å². The van der Waals surface area contributed by atoms with Crippen molar-refractivity contribution < 1.29 is 5.11 Å². The topological polar surface area (TPSA) is 33.1 Å². The van der Waals surface area contributed by atoms with E-state index in [4.69, 9.17) is 4.98 Å². The zero-order valence-corrected chi connectivity index (χ0v) is 14.1. The van der Waals surface area contributed by atoms with Gasteiger partial charge in [0.1, 0.15) is 6.10 Å². The summed E-state index contributed by atoms with van der Waals surface area (Å²) in [6, 6.07) is 30.5. The Balaban J connectivity index is 1.83. The van der Waals surface area contributed by atoms with Crippen molar-refractivity contribution in [3.63, 3.8) is 0 Å². The summed E-state index contributed by atoms with van der Waals surface area (Å²) in [5.41, 5.74) is 7.88. The molecule has 1 N–H and O–H groups in total. The van der Waals surface area contributed by atoms with E-state index in [0.29, 0.717) is 0 Å². The van der Waals surface area contributed by atoms with E-state index in [1.54, 1.807) is 0 Å². The Bertz CT molecular complexity index is 1090. The third kappa shape index (κ3) is 2.27. The van der Waals surface area contributed by atoms with E-state index in [2.05, 4.69) is 24.3 Å². The van der Waals surface area contributed by atoms with E-state index >= 15 is 0 Å². The molecule has 1 atom stereocenters. The van der Waals surface area contributed by atoms with E-state index in [0.717, 1.165) is 44.8 Å². The number of rotatable bonds is 2. The third-order valence-corrected chi connectivity index (χ3v) is 4.99. The first-order chi connectivity index (χ1) is 12.8. The number of pyridine rings is 1. The van der Waals surface area contributed by atoms with E-state index in [1.165, 1.54) is 0 Å². The number of benzene rings is 3. The molecule has 3 aromatic carbocycles. The predicted molar refractivity (Wildman–Crippen MR) is 105 cm³/mol. The minimum Gasteiger partial charge on any atom is -0.384 e. The fraction of sp³-hybridized carbons (Fsp3) is 0.0417. The van der Waals surface area contributed by atoms with Crippen LogP contribution in [0.5, 0.6) is 0 Å². The van der Waals surface area contributed by atoms with Gasteiger partial charge < -0.3 is 5.11 Å². The number of aliphatic hydroxyl groups is 1. The van der Waals surface area contributed by atoms with Gasteiger partial charge in [0.05, 0.1) is 11.4 Å². The summed E-state index contributed by atoms with van der Waals surface area (Å²) in [6.07, 6.45) is -0.645.